The van der Waals surface area contributed by atoms with E-state index in [9.17, 15) is 5.11 Å². The molecule has 2 heteroatoms. The number of aromatic hydroxyl groups is 1. The molecule has 0 bridgehead atoms. The van der Waals surface area contributed by atoms with Crippen molar-refractivity contribution in [1.29, 1.82) is 0 Å². The number of hydrogen-bond donors (Lipinski definition) is 1. The van der Waals surface area contributed by atoms with Gasteiger partial charge in [-0.1, -0.05) is 24.3 Å². The van der Waals surface area contributed by atoms with Crippen LogP contribution in [0.2, 0.25) is 0 Å². The summed E-state index contributed by atoms with van der Waals surface area (Å²) in [5.41, 5.74) is 2.76. The molecule has 0 amide bonds. The molecule has 0 saturated heterocycles. The maximum atomic E-state index is 9.39. The smallest absolute Gasteiger partial charge is 0.119 e. The molecule has 2 nitrogen and oxygen atoms in total. The zero-order valence-electron chi connectivity index (χ0n) is 12.5. The molecule has 1 aliphatic carbocycles. The Kier molecular flexibility index (Phi) is 4.14. The minimum atomic E-state index is 0.347. The van der Waals surface area contributed by atoms with Crippen molar-refractivity contribution in [3.05, 3.63) is 59.7 Å². The van der Waals surface area contributed by atoms with E-state index in [1.54, 1.807) is 12.1 Å². The molecular formula is C19H22O2. The highest BCUT2D eigenvalue weighted by atomic mass is 16.5. The van der Waals surface area contributed by atoms with Crippen LogP contribution in [0.1, 0.15) is 49.1 Å². The Morgan fingerprint density at radius 2 is 1.43 bits per heavy atom. The molecule has 0 heterocycles. The summed E-state index contributed by atoms with van der Waals surface area (Å²) in [5, 5.41) is 9.39. The second kappa shape index (κ2) is 6.21. The van der Waals surface area contributed by atoms with Crippen LogP contribution < -0.4 is 4.74 Å². The van der Waals surface area contributed by atoms with Gasteiger partial charge in [0.05, 0.1) is 6.61 Å². The first-order valence-electron chi connectivity index (χ1n) is 7.78. The van der Waals surface area contributed by atoms with Crippen molar-refractivity contribution in [2.45, 2.75) is 38.0 Å². The Hall–Kier alpha value is -1.96. The SMILES string of the molecule is CCOc1ccc(C2CCC(c3ccc(O)cc3)C2)cc1. The summed E-state index contributed by atoms with van der Waals surface area (Å²) in [6.07, 6.45) is 3.65. The molecule has 1 aliphatic rings. The van der Waals surface area contributed by atoms with Gasteiger partial charge in [0.15, 0.2) is 0 Å². The van der Waals surface area contributed by atoms with E-state index in [2.05, 4.69) is 36.4 Å². The first kappa shape index (κ1) is 14.0. The highest BCUT2D eigenvalue weighted by molar-refractivity contribution is 5.33. The van der Waals surface area contributed by atoms with Crippen LogP contribution in [0.3, 0.4) is 0 Å². The Morgan fingerprint density at radius 1 is 0.905 bits per heavy atom. The van der Waals surface area contributed by atoms with Gasteiger partial charge in [-0.25, -0.2) is 0 Å². The lowest BCUT2D eigenvalue weighted by molar-refractivity contribution is 0.340. The van der Waals surface area contributed by atoms with Gasteiger partial charge in [0.1, 0.15) is 11.5 Å². The first-order valence-corrected chi connectivity index (χ1v) is 7.78. The topological polar surface area (TPSA) is 29.5 Å². The minimum absolute atomic E-state index is 0.347. The fourth-order valence-electron chi connectivity index (χ4n) is 3.34. The van der Waals surface area contributed by atoms with Crippen molar-refractivity contribution in [1.82, 2.24) is 0 Å². The molecule has 0 radical (unpaired) electrons. The molecule has 0 aliphatic heterocycles. The molecule has 0 aromatic heterocycles. The van der Waals surface area contributed by atoms with E-state index in [-0.39, 0.29) is 0 Å². The molecule has 0 spiro atoms. The number of benzene rings is 2. The van der Waals surface area contributed by atoms with Crippen LogP contribution in [0.5, 0.6) is 11.5 Å². The quantitative estimate of drug-likeness (QED) is 0.869. The number of hydrogen-bond acceptors (Lipinski definition) is 2. The van der Waals surface area contributed by atoms with Gasteiger partial charge in [-0.3, -0.25) is 0 Å². The zero-order chi connectivity index (χ0) is 14.7. The Balaban J connectivity index is 1.67. The highest BCUT2D eigenvalue weighted by Gasteiger charge is 2.26. The third-order valence-corrected chi connectivity index (χ3v) is 4.46. The van der Waals surface area contributed by atoms with E-state index in [1.807, 2.05) is 6.92 Å². The predicted molar refractivity (Wildman–Crippen MR) is 85.1 cm³/mol. The lowest BCUT2D eigenvalue weighted by Gasteiger charge is -2.13. The van der Waals surface area contributed by atoms with Crippen molar-refractivity contribution in [2.75, 3.05) is 6.61 Å². The summed E-state index contributed by atoms with van der Waals surface area (Å²) in [4.78, 5) is 0. The van der Waals surface area contributed by atoms with Crippen molar-refractivity contribution in [2.24, 2.45) is 0 Å². The summed E-state index contributed by atoms with van der Waals surface area (Å²) < 4.78 is 5.50. The summed E-state index contributed by atoms with van der Waals surface area (Å²) in [5.74, 6) is 2.55. The van der Waals surface area contributed by atoms with Crippen LogP contribution in [0, 0.1) is 0 Å². The first-order chi connectivity index (χ1) is 10.3. The molecule has 2 aromatic rings. The summed E-state index contributed by atoms with van der Waals surface area (Å²) in [6, 6.07) is 16.3. The summed E-state index contributed by atoms with van der Waals surface area (Å²) in [6.45, 7) is 2.72. The predicted octanol–water partition coefficient (Wildman–Crippen LogP) is 4.84. The molecular weight excluding hydrogens is 260 g/mol. The molecule has 21 heavy (non-hydrogen) atoms. The van der Waals surface area contributed by atoms with Gasteiger partial charge in [0, 0.05) is 0 Å². The lowest BCUT2D eigenvalue weighted by Crippen LogP contribution is -1.96. The molecule has 3 rings (SSSR count). The highest BCUT2D eigenvalue weighted by Crippen LogP contribution is 2.43. The third kappa shape index (κ3) is 3.21. The van der Waals surface area contributed by atoms with Crippen molar-refractivity contribution in [3.63, 3.8) is 0 Å². The largest absolute Gasteiger partial charge is 0.508 e. The van der Waals surface area contributed by atoms with E-state index < -0.39 is 0 Å². The Labute approximate surface area is 126 Å². The van der Waals surface area contributed by atoms with E-state index in [1.165, 1.54) is 30.4 Å². The molecule has 2 atom stereocenters. The maximum absolute atomic E-state index is 9.39. The Bertz CT molecular complexity index is 572. The number of rotatable bonds is 4. The van der Waals surface area contributed by atoms with E-state index in [0.717, 1.165) is 5.75 Å². The number of ether oxygens (including phenoxy) is 1. The van der Waals surface area contributed by atoms with Crippen molar-refractivity contribution < 1.29 is 9.84 Å². The standard InChI is InChI=1S/C19H22O2/c1-2-21-19-11-7-15(8-12-19)17-4-3-16(13-17)14-5-9-18(20)10-6-14/h5-12,16-17,20H,2-4,13H2,1H3. The Morgan fingerprint density at radius 3 is 1.95 bits per heavy atom. The van der Waals surface area contributed by atoms with Crippen LogP contribution >= 0.6 is 0 Å². The second-order valence-electron chi connectivity index (χ2n) is 5.80. The van der Waals surface area contributed by atoms with Gasteiger partial charge in [0.25, 0.3) is 0 Å². The monoisotopic (exact) mass is 282 g/mol. The van der Waals surface area contributed by atoms with E-state index >= 15 is 0 Å². The van der Waals surface area contributed by atoms with Crippen molar-refractivity contribution in [3.8, 4) is 11.5 Å². The van der Waals surface area contributed by atoms with Gasteiger partial charge in [0.2, 0.25) is 0 Å². The minimum Gasteiger partial charge on any atom is -0.508 e. The maximum Gasteiger partial charge on any atom is 0.119 e. The molecule has 1 saturated carbocycles. The number of phenolic OH excluding ortho intramolecular Hbond substituents is 1. The normalized spacial score (nSPS) is 21.4. The summed E-state index contributed by atoms with van der Waals surface area (Å²) >= 11 is 0. The molecule has 110 valence electrons. The van der Waals surface area contributed by atoms with Crippen LogP contribution in [0.4, 0.5) is 0 Å². The average molecular weight is 282 g/mol. The molecule has 1 N–H and O–H groups in total. The van der Waals surface area contributed by atoms with Gasteiger partial charge in [-0.05, 0) is 73.4 Å². The lowest BCUT2D eigenvalue weighted by atomic mass is 9.93. The molecule has 2 aromatic carbocycles. The third-order valence-electron chi connectivity index (χ3n) is 4.46. The zero-order valence-corrected chi connectivity index (χ0v) is 12.5. The summed E-state index contributed by atoms with van der Waals surface area (Å²) in [7, 11) is 0. The number of phenols is 1. The molecule has 2 unspecified atom stereocenters. The van der Waals surface area contributed by atoms with Crippen molar-refractivity contribution >= 4 is 0 Å². The average Bonchev–Trinajstić information content (AvgIpc) is 2.99. The van der Waals surface area contributed by atoms with Gasteiger partial charge in [-0.2, -0.15) is 0 Å². The fraction of sp³-hybridized carbons (Fsp3) is 0.368. The molecule has 1 fully saturated rings. The van der Waals surface area contributed by atoms with Crippen LogP contribution in [-0.2, 0) is 0 Å². The van der Waals surface area contributed by atoms with Crippen LogP contribution in [0.15, 0.2) is 48.5 Å². The van der Waals surface area contributed by atoms with Crippen LogP contribution in [0.25, 0.3) is 0 Å². The van der Waals surface area contributed by atoms with E-state index in [0.29, 0.717) is 24.2 Å². The van der Waals surface area contributed by atoms with Gasteiger partial charge in [-0.15, -0.1) is 0 Å². The van der Waals surface area contributed by atoms with Gasteiger partial charge >= 0.3 is 0 Å². The van der Waals surface area contributed by atoms with E-state index in [4.69, 9.17) is 4.74 Å². The fourth-order valence-corrected chi connectivity index (χ4v) is 3.34. The van der Waals surface area contributed by atoms with Gasteiger partial charge < -0.3 is 9.84 Å². The van der Waals surface area contributed by atoms with Crippen LogP contribution in [-0.4, -0.2) is 11.7 Å². The second-order valence-corrected chi connectivity index (χ2v) is 5.80.